The van der Waals surface area contributed by atoms with E-state index in [4.69, 9.17) is 18.9 Å². The first-order valence-electron chi connectivity index (χ1n) is 20.2. The highest BCUT2D eigenvalue weighted by Crippen LogP contribution is 2.55. The molecule has 3 heterocycles. The van der Waals surface area contributed by atoms with Gasteiger partial charge in [-0.3, -0.25) is 14.4 Å². The lowest BCUT2D eigenvalue weighted by Crippen LogP contribution is -2.46. The maximum absolute atomic E-state index is 14.4. The van der Waals surface area contributed by atoms with Crippen LogP contribution in [0.1, 0.15) is 102 Å². The Balaban J connectivity index is 1.69. The zero-order valence-electron chi connectivity index (χ0n) is 35.2. The number of anilines is 1. The Kier molecular flexibility index (Phi) is 14.0. The molecule has 0 radical (unpaired) electrons. The van der Waals surface area contributed by atoms with Gasteiger partial charge in [0.15, 0.2) is 5.75 Å². The van der Waals surface area contributed by atoms with Crippen molar-refractivity contribution in [1.82, 2.24) is 5.43 Å². The van der Waals surface area contributed by atoms with E-state index >= 15 is 0 Å². The number of carbonyl (C=O) groups is 3. The van der Waals surface area contributed by atoms with Gasteiger partial charge in [-0.05, 0) is 32.8 Å². The number of nitrogens with zero attached hydrogens (tertiary/aromatic N) is 1. The highest BCUT2D eigenvalue weighted by atomic mass is 16.7. The van der Waals surface area contributed by atoms with Gasteiger partial charge in [-0.25, -0.2) is 0 Å². The molecule has 1 aliphatic carbocycles. The molecular weight excluding hydrogens is 762 g/mol. The summed E-state index contributed by atoms with van der Waals surface area (Å²) in [5, 5.41) is 64.8. The molecule has 1 fully saturated rings. The molecule has 7 N–H and O–H groups in total. The Morgan fingerprint density at radius 2 is 1.63 bits per heavy atom. The molecule has 2 aromatic carbocycles. The van der Waals surface area contributed by atoms with Crippen molar-refractivity contribution >= 4 is 40.3 Å². The van der Waals surface area contributed by atoms with E-state index in [1.807, 2.05) is 0 Å². The zero-order valence-corrected chi connectivity index (χ0v) is 35.2. The summed E-state index contributed by atoms with van der Waals surface area (Å²) in [6.07, 6.45) is 9.77. The lowest BCUT2D eigenvalue weighted by atomic mass is 9.78. The number of amides is 1. The van der Waals surface area contributed by atoms with Crippen LogP contribution in [0.25, 0.3) is 10.8 Å². The number of ether oxygens (including phenoxy) is 4. The van der Waals surface area contributed by atoms with Gasteiger partial charge in [0.05, 0.1) is 53.0 Å². The number of allylic oxidation sites excluding steroid dienone is 2. The van der Waals surface area contributed by atoms with Crippen molar-refractivity contribution in [1.29, 1.82) is 0 Å². The molecule has 6 rings (SSSR count). The van der Waals surface area contributed by atoms with Crippen LogP contribution in [-0.2, 0) is 23.8 Å². The number of methoxy groups -OCH3 is 1. The summed E-state index contributed by atoms with van der Waals surface area (Å²) >= 11 is 0. The fraction of sp³-hybridized carbons (Fsp3) is 0.545. The van der Waals surface area contributed by atoms with E-state index in [-0.39, 0.29) is 50.5 Å². The Morgan fingerprint density at radius 1 is 0.949 bits per heavy atom. The molecule has 9 atom stereocenters. The molecule has 5 bridgehead atoms. The van der Waals surface area contributed by atoms with E-state index < -0.39 is 88.8 Å². The number of phenolic OH excluding ortho intramolecular Hbond substituents is 3. The Hall–Kier alpha value is -5.12. The van der Waals surface area contributed by atoms with E-state index in [9.17, 15) is 39.9 Å². The maximum Gasteiger partial charge on any atom is 0.312 e. The SMILES string of the molecule is COC1/C=C/OC2(C)Oc3c(C)c(O)c4c(O)c(c(/C=N\NC5CCCCC5)c(O)c4c3C2=O)NC(=O)/C(C)=C/C=C/C(C)C(O)C(C)C(O)C(C)C(OC(C)=O)C1C. The molecular formula is C44H59N3O12. The normalized spacial score (nSPS) is 31.9. The Bertz CT molecular complexity index is 2050. The second-order valence-corrected chi connectivity index (χ2v) is 16.3. The third-order valence-corrected chi connectivity index (χ3v) is 12.1. The van der Waals surface area contributed by atoms with Crippen LogP contribution in [-0.4, -0.2) is 92.8 Å². The van der Waals surface area contributed by atoms with Crippen LogP contribution in [0.15, 0.2) is 41.2 Å². The molecule has 59 heavy (non-hydrogen) atoms. The van der Waals surface area contributed by atoms with E-state index in [1.54, 1.807) is 39.8 Å². The van der Waals surface area contributed by atoms with Gasteiger partial charge in [0.2, 0.25) is 0 Å². The Morgan fingerprint density at radius 3 is 2.27 bits per heavy atom. The number of fused-ring (bicyclic) bond motifs is 14. The van der Waals surface area contributed by atoms with Gasteiger partial charge in [-0.15, -0.1) is 0 Å². The average molecular weight is 822 g/mol. The second-order valence-electron chi connectivity index (χ2n) is 16.3. The summed E-state index contributed by atoms with van der Waals surface area (Å²) in [6.45, 7) is 12.5. The zero-order chi connectivity index (χ0) is 43.5. The van der Waals surface area contributed by atoms with Crippen LogP contribution in [0.2, 0.25) is 0 Å². The third kappa shape index (κ3) is 9.07. The molecule has 1 amide bonds. The summed E-state index contributed by atoms with van der Waals surface area (Å²) in [4.78, 5) is 40.5. The summed E-state index contributed by atoms with van der Waals surface area (Å²) in [5.74, 6) is -8.33. The van der Waals surface area contributed by atoms with Gasteiger partial charge in [0, 0.05) is 67.2 Å². The van der Waals surface area contributed by atoms with Crippen LogP contribution < -0.4 is 15.5 Å². The number of hydrazone groups is 1. The van der Waals surface area contributed by atoms with Crippen molar-refractivity contribution in [2.24, 2.45) is 28.8 Å². The summed E-state index contributed by atoms with van der Waals surface area (Å²) in [5.41, 5.74) is 2.73. The number of rotatable bonds is 5. The van der Waals surface area contributed by atoms with Crippen molar-refractivity contribution in [3.05, 3.63) is 52.8 Å². The largest absolute Gasteiger partial charge is 0.507 e. The number of aliphatic hydroxyl groups excluding tert-OH is 2. The molecule has 15 nitrogen and oxygen atoms in total. The van der Waals surface area contributed by atoms with Crippen LogP contribution >= 0.6 is 0 Å². The van der Waals surface area contributed by atoms with E-state index in [1.165, 1.54) is 59.4 Å². The van der Waals surface area contributed by atoms with Crippen LogP contribution in [0.5, 0.6) is 23.0 Å². The van der Waals surface area contributed by atoms with Crippen LogP contribution in [0, 0.1) is 30.6 Å². The van der Waals surface area contributed by atoms with Gasteiger partial charge >= 0.3 is 11.8 Å². The number of phenols is 3. The first-order valence-corrected chi connectivity index (χ1v) is 20.2. The minimum atomic E-state index is -2.04. The topological polar surface area (TPSA) is 226 Å². The molecule has 1 saturated carbocycles. The molecule has 0 saturated heterocycles. The number of Topliss-reactive ketones (excluding diaryl/α,β-unsaturated/α-hetero) is 1. The monoisotopic (exact) mass is 821 g/mol. The Labute approximate surface area is 344 Å². The summed E-state index contributed by atoms with van der Waals surface area (Å²) in [7, 11) is 1.44. The quantitative estimate of drug-likeness (QED) is 0.0604. The van der Waals surface area contributed by atoms with Gasteiger partial charge in [-0.2, -0.15) is 5.10 Å². The molecule has 15 heteroatoms. The van der Waals surface area contributed by atoms with Crippen molar-refractivity contribution < 1.29 is 58.9 Å². The number of aromatic hydroxyl groups is 3. The fourth-order valence-electron chi connectivity index (χ4n) is 8.31. The fourth-order valence-corrected chi connectivity index (χ4v) is 8.31. The smallest absolute Gasteiger partial charge is 0.312 e. The summed E-state index contributed by atoms with van der Waals surface area (Å²) in [6, 6.07) is 0.0702. The van der Waals surface area contributed by atoms with Crippen molar-refractivity contribution in [3.63, 3.8) is 0 Å². The standard InChI is InChI=1S/C44H59N3O12/c1-21-14-13-15-22(2)43(55)46-34-29(20-45-47-28-16-11-10-12-17-28)38(52)31-32(39(34)53)37(51)26(6)41-33(31)42(54)44(8,59-41)57-19-18-30(56-9)23(3)40(58-27(7)48)25(5)36(50)24(4)35(21)49/h13-15,18-21,23-25,28,30,35-36,40,47,49-53H,10-12,16-17H2,1-9H3,(H,46,55)/b14-13+,19-18+,22-15+,45-20-. The highest BCUT2D eigenvalue weighted by molar-refractivity contribution is 6.23. The number of hydrogen-bond acceptors (Lipinski definition) is 14. The molecule has 4 aliphatic rings. The van der Waals surface area contributed by atoms with E-state index in [0.29, 0.717) is 0 Å². The van der Waals surface area contributed by atoms with E-state index in [2.05, 4.69) is 15.8 Å². The molecule has 2 aromatic rings. The molecule has 0 aromatic heterocycles. The molecule has 322 valence electrons. The maximum atomic E-state index is 14.4. The molecule has 9 unspecified atom stereocenters. The predicted octanol–water partition coefficient (Wildman–Crippen LogP) is 6.01. The van der Waals surface area contributed by atoms with Gasteiger partial charge in [-0.1, -0.05) is 65.2 Å². The predicted molar refractivity (Wildman–Crippen MR) is 221 cm³/mol. The van der Waals surface area contributed by atoms with Gasteiger partial charge < -0.3 is 55.2 Å². The number of esters is 1. The molecule has 3 aliphatic heterocycles. The summed E-state index contributed by atoms with van der Waals surface area (Å²) < 4.78 is 23.6. The number of aliphatic hydroxyl groups is 2. The van der Waals surface area contributed by atoms with Crippen LogP contribution in [0.4, 0.5) is 5.69 Å². The number of benzene rings is 2. The van der Waals surface area contributed by atoms with Gasteiger partial charge in [0.25, 0.3) is 11.7 Å². The van der Waals surface area contributed by atoms with Gasteiger partial charge in [0.1, 0.15) is 23.4 Å². The third-order valence-electron chi connectivity index (χ3n) is 12.1. The highest BCUT2D eigenvalue weighted by Gasteiger charge is 2.50. The van der Waals surface area contributed by atoms with E-state index in [0.717, 1.165) is 32.1 Å². The second kappa shape index (κ2) is 18.4. The minimum Gasteiger partial charge on any atom is -0.507 e. The first kappa shape index (κ1) is 45.0. The number of nitrogens with one attached hydrogen (secondary N) is 2. The minimum absolute atomic E-state index is 0.0574. The van der Waals surface area contributed by atoms with Crippen molar-refractivity contribution in [2.75, 3.05) is 12.4 Å². The van der Waals surface area contributed by atoms with Crippen LogP contribution in [0.3, 0.4) is 0 Å². The lowest BCUT2D eigenvalue weighted by Gasteiger charge is -2.38. The average Bonchev–Trinajstić information content (AvgIpc) is 3.47. The lowest BCUT2D eigenvalue weighted by molar-refractivity contribution is -0.160. The first-order chi connectivity index (χ1) is 27.8. The number of ketones is 1. The number of carbonyl (C=O) groups excluding carboxylic acids is 3. The number of hydrogen-bond donors (Lipinski definition) is 7. The van der Waals surface area contributed by atoms with Crippen molar-refractivity contribution in [2.45, 2.75) is 124 Å². The van der Waals surface area contributed by atoms with Crippen molar-refractivity contribution in [3.8, 4) is 23.0 Å². The molecule has 0 spiro atoms.